The fraction of sp³-hybridized carbons (Fsp3) is 0.625. The number of rotatable bonds is 5. The molecule has 2 atom stereocenters. The lowest BCUT2D eigenvalue weighted by Gasteiger charge is -2.17. The predicted molar refractivity (Wildman–Crippen MR) is 46.1 cm³/mol. The molecule has 0 bridgehead atoms. The van der Waals surface area contributed by atoms with Crippen LogP contribution in [0.5, 0.6) is 0 Å². The smallest absolute Gasteiger partial charge is 0.418 e. The molecule has 0 aliphatic rings. The SMILES string of the molecule is CCCC(O)C(OC(=O)C(=O)O)C(=O)O. The number of esters is 1. The fourth-order valence-corrected chi connectivity index (χ4v) is 0.906. The van der Waals surface area contributed by atoms with Crippen molar-refractivity contribution in [1.82, 2.24) is 0 Å². The lowest BCUT2D eigenvalue weighted by atomic mass is 10.1. The first-order valence-corrected chi connectivity index (χ1v) is 4.24. The van der Waals surface area contributed by atoms with Crippen LogP contribution in [0.2, 0.25) is 0 Å². The van der Waals surface area contributed by atoms with E-state index < -0.39 is 30.1 Å². The van der Waals surface area contributed by atoms with Crippen molar-refractivity contribution in [1.29, 1.82) is 0 Å². The van der Waals surface area contributed by atoms with Crippen LogP contribution in [0.25, 0.3) is 0 Å². The molecule has 0 saturated carbocycles. The van der Waals surface area contributed by atoms with Gasteiger partial charge in [-0.25, -0.2) is 14.4 Å². The Bertz CT molecular complexity index is 260. The molecular weight excluding hydrogens is 208 g/mol. The number of aliphatic hydroxyl groups excluding tert-OH is 1. The quantitative estimate of drug-likeness (QED) is 0.410. The van der Waals surface area contributed by atoms with E-state index in [9.17, 15) is 19.5 Å². The Morgan fingerprint density at radius 1 is 1.27 bits per heavy atom. The summed E-state index contributed by atoms with van der Waals surface area (Å²) in [5, 5.41) is 26.0. The van der Waals surface area contributed by atoms with Gasteiger partial charge in [0, 0.05) is 0 Å². The van der Waals surface area contributed by atoms with E-state index in [0.717, 1.165) is 0 Å². The highest BCUT2D eigenvalue weighted by Crippen LogP contribution is 2.07. The van der Waals surface area contributed by atoms with E-state index in [1.165, 1.54) is 0 Å². The zero-order valence-electron chi connectivity index (χ0n) is 8.04. The maximum absolute atomic E-state index is 10.6. The Balaban J connectivity index is 4.47. The monoisotopic (exact) mass is 220 g/mol. The molecular formula is C8H12O7. The molecule has 0 radical (unpaired) electrons. The summed E-state index contributed by atoms with van der Waals surface area (Å²) in [5.41, 5.74) is 0. The molecule has 0 aliphatic carbocycles. The van der Waals surface area contributed by atoms with Crippen LogP contribution >= 0.6 is 0 Å². The molecule has 0 saturated heterocycles. The zero-order valence-corrected chi connectivity index (χ0v) is 8.04. The standard InChI is InChI=1S/C8H12O7/c1-2-3-4(9)5(6(10)11)15-8(14)7(12)13/h4-5,9H,2-3H2,1H3,(H,10,11)(H,12,13). The number of hydrogen-bond donors (Lipinski definition) is 3. The summed E-state index contributed by atoms with van der Waals surface area (Å²) in [7, 11) is 0. The molecule has 0 aromatic heterocycles. The number of carboxylic acid groups (broad SMARTS) is 2. The Labute approximate surface area is 85.3 Å². The van der Waals surface area contributed by atoms with Gasteiger partial charge in [0.05, 0.1) is 0 Å². The largest absolute Gasteiger partial charge is 0.478 e. The Kier molecular flexibility index (Phi) is 5.32. The highest BCUT2D eigenvalue weighted by Gasteiger charge is 2.31. The van der Waals surface area contributed by atoms with Crippen LogP contribution in [0.15, 0.2) is 0 Å². The zero-order chi connectivity index (χ0) is 12.0. The molecule has 86 valence electrons. The summed E-state index contributed by atoms with van der Waals surface area (Å²) >= 11 is 0. The minimum atomic E-state index is -1.90. The number of carboxylic acids is 2. The maximum atomic E-state index is 10.6. The van der Waals surface area contributed by atoms with E-state index in [4.69, 9.17) is 10.2 Å². The van der Waals surface area contributed by atoms with E-state index >= 15 is 0 Å². The minimum absolute atomic E-state index is 0.101. The Morgan fingerprint density at radius 3 is 2.13 bits per heavy atom. The van der Waals surface area contributed by atoms with Crippen LogP contribution in [0, 0.1) is 0 Å². The van der Waals surface area contributed by atoms with Crippen molar-refractivity contribution in [3.05, 3.63) is 0 Å². The Hall–Kier alpha value is -1.63. The van der Waals surface area contributed by atoms with Crippen LogP contribution < -0.4 is 0 Å². The summed E-state index contributed by atoms with van der Waals surface area (Å²) in [5.74, 6) is -5.17. The molecule has 0 aromatic carbocycles. The second kappa shape index (κ2) is 5.97. The number of carbonyl (C=O) groups excluding carboxylic acids is 1. The highest BCUT2D eigenvalue weighted by molar-refractivity contribution is 6.28. The summed E-state index contributed by atoms with van der Waals surface area (Å²) in [4.78, 5) is 31.2. The molecule has 7 heteroatoms. The van der Waals surface area contributed by atoms with E-state index in [-0.39, 0.29) is 6.42 Å². The van der Waals surface area contributed by atoms with Gasteiger partial charge in [-0.2, -0.15) is 0 Å². The third-order valence-electron chi connectivity index (χ3n) is 1.59. The molecule has 0 spiro atoms. The first-order valence-electron chi connectivity index (χ1n) is 4.24. The lowest BCUT2D eigenvalue weighted by molar-refractivity contribution is -0.179. The summed E-state index contributed by atoms with van der Waals surface area (Å²) < 4.78 is 4.10. The van der Waals surface area contributed by atoms with Gasteiger partial charge >= 0.3 is 17.9 Å². The number of aliphatic hydroxyl groups is 1. The summed E-state index contributed by atoms with van der Waals surface area (Å²) in [6.45, 7) is 1.70. The van der Waals surface area contributed by atoms with Gasteiger partial charge in [-0.05, 0) is 6.42 Å². The van der Waals surface area contributed by atoms with Crippen LogP contribution in [-0.2, 0) is 19.1 Å². The highest BCUT2D eigenvalue weighted by atomic mass is 16.6. The van der Waals surface area contributed by atoms with E-state index in [2.05, 4.69) is 4.74 Å². The van der Waals surface area contributed by atoms with Gasteiger partial charge in [0.15, 0.2) is 0 Å². The van der Waals surface area contributed by atoms with E-state index in [1.54, 1.807) is 6.92 Å². The van der Waals surface area contributed by atoms with Crippen molar-refractivity contribution >= 4 is 17.9 Å². The molecule has 7 nitrogen and oxygen atoms in total. The second-order valence-corrected chi connectivity index (χ2v) is 2.83. The van der Waals surface area contributed by atoms with Gasteiger partial charge in [-0.1, -0.05) is 13.3 Å². The van der Waals surface area contributed by atoms with Crippen LogP contribution in [0.1, 0.15) is 19.8 Å². The van der Waals surface area contributed by atoms with Crippen LogP contribution in [0.3, 0.4) is 0 Å². The van der Waals surface area contributed by atoms with Crippen molar-refractivity contribution in [2.75, 3.05) is 0 Å². The third-order valence-corrected chi connectivity index (χ3v) is 1.59. The van der Waals surface area contributed by atoms with Crippen molar-refractivity contribution in [3.63, 3.8) is 0 Å². The molecule has 2 unspecified atom stereocenters. The van der Waals surface area contributed by atoms with Crippen LogP contribution in [-0.4, -0.2) is 45.4 Å². The molecule has 0 fully saturated rings. The van der Waals surface area contributed by atoms with Gasteiger partial charge in [-0.15, -0.1) is 0 Å². The van der Waals surface area contributed by atoms with Crippen LogP contribution in [0.4, 0.5) is 0 Å². The van der Waals surface area contributed by atoms with E-state index in [0.29, 0.717) is 6.42 Å². The van der Waals surface area contributed by atoms with Gasteiger partial charge in [-0.3, -0.25) is 0 Å². The van der Waals surface area contributed by atoms with Gasteiger partial charge in [0.25, 0.3) is 0 Å². The lowest BCUT2D eigenvalue weighted by Crippen LogP contribution is -2.39. The molecule has 0 heterocycles. The van der Waals surface area contributed by atoms with Gasteiger partial charge < -0.3 is 20.1 Å². The second-order valence-electron chi connectivity index (χ2n) is 2.83. The van der Waals surface area contributed by atoms with Crippen molar-refractivity contribution < 1.29 is 34.4 Å². The van der Waals surface area contributed by atoms with Gasteiger partial charge in [0.1, 0.15) is 6.10 Å². The fourth-order valence-electron chi connectivity index (χ4n) is 0.906. The average Bonchev–Trinajstić information content (AvgIpc) is 2.13. The minimum Gasteiger partial charge on any atom is -0.478 e. The summed E-state index contributed by atoms with van der Waals surface area (Å²) in [6, 6.07) is 0. The predicted octanol–water partition coefficient (Wildman–Crippen LogP) is -0.772. The number of hydrogen-bond acceptors (Lipinski definition) is 5. The maximum Gasteiger partial charge on any atom is 0.418 e. The Morgan fingerprint density at radius 2 is 1.80 bits per heavy atom. The first kappa shape index (κ1) is 13.4. The van der Waals surface area contributed by atoms with E-state index in [1.807, 2.05) is 0 Å². The molecule has 15 heavy (non-hydrogen) atoms. The molecule has 3 N–H and O–H groups in total. The molecule has 0 rings (SSSR count). The van der Waals surface area contributed by atoms with Crippen molar-refractivity contribution in [2.45, 2.75) is 32.0 Å². The topological polar surface area (TPSA) is 121 Å². The van der Waals surface area contributed by atoms with Gasteiger partial charge in [0.2, 0.25) is 6.10 Å². The molecule has 0 aliphatic heterocycles. The number of aliphatic carboxylic acids is 2. The third kappa shape index (κ3) is 4.41. The summed E-state index contributed by atoms with van der Waals surface area (Å²) in [6.07, 6.45) is -2.66. The van der Waals surface area contributed by atoms with Crippen molar-refractivity contribution in [2.24, 2.45) is 0 Å². The first-order chi connectivity index (χ1) is 6.90. The number of ether oxygens (including phenoxy) is 1. The molecule has 0 aromatic rings. The van der Waals surface area contributed by atoms with Crippen molar-refractivity contribution in [3.8, 4) is 0 Å². The normalized spacial score (nSPS) is 14.0. The molecule has 0 amide bonds. The number of carbonyl (C=O) groups is 3. The average molecular weight is 220 g/mol.